The Labute approximate surface area is 183 Å². The number of pyridine rings is 1. The van der Waals surface area contributed by atoms with Gasteiger partial charge in [-0.1, -0.05) is 18.2 Å². The SMILES string of the molecule is CN1CCC(N(C)C(=O)c2ccc(Oc3ccc(Oc4ccccc4)cc3)nc2)CC1. The standard InChI is InChI=1S/C25H27N3O3/c1-27-16-14-20(15-17-27)28(2)25(29)19-8-13-24(26-18-19)31-23-11-9-22(10-12-23)30-21-6-4-3-5-7-21/h3-13,18,20H,14-17H2,1-2H3. The smallest absolute Gasteiger partial charge is 0.255 e. The van der Waals surface area contributed by atoms with Crippen molar-refractivity contribution in [2.24, 2.45) is 0 Å². The molecule has 0 saturated carbocycles. The highest BCUT2D eigenvalue weighted by Crippen LogP contribution is 2.26. The number of piperidine rings is 1. The number of carbonyl (C=O) groups excluding carboxylic acids is 1. The van der Waals surface area contributed by atoms with Crippen LogP contribution in [0.1, 0.15) is 23.2 Å². The summed E-state index contributed by atoms with van der Waals surface area (Å²) in [6, 6.07) is 20.7. The van der Waals surface area contributed by atoms with Crippen LogP contribution in [-0.4, -0.2) is 53.9 Å². The van der Waals surface area contributed by atoms with Crippen molar-refractivity contribution in [3.05, 3.63) is 78.5 Å². The van der Waals surface area contributed by atoms with Crippen molar-refractivity contribution < 1.29 is 14.3 Å². The molecule has 0 N–H and O–H groups in total. The summed E-state index contributed by atoms with van der Waals surface area (Å²) in [5.41, 5.74) is 0.570. The minimum Gasteiger partial charge on any atom is -0.457 e. The predicted molar refractivity (Wildman–Crippen MR) is 120 cm³/mol. The average molecular weight is 418 g/mol. The van der Waals surface area contributed by atoms with Crippen LogP contribution in [0.25, 0.3) is 0 Å². The maximum atomic E-state index is 12.8. The number of ether oxygens (including phenoxy) is 2. The van der Waals surface area contributed by atoms with Crippen molar-refractivity contribution in [3.8, 4) is 23.1 Å². The summed E-state index contributed by atoms with van der Waals surface area (Å²) < 4.78 is 11.6. The first-order chi connectivity index (χ1) is 15.1. The summed E-state index contributed by atoms with van der Waals surface area (Å²) in [4.78, 5) is 21.3. The zero-order chi connectivity index (χ0) is 21.6. The van der Waals surface area contributed by atoms with Crippen LogP contribution in [-0.2, 0) is 0 Å². The molecule has 0 bridgehead atoms. The van der Waals surface area contributed by atoms with Crippen molar-refractivity contribution in [1.29, 1.82) is 0 Å². The zero-order valence-corrected chi connectivity index (χ0v) is 17.9. The number of amides is 1. The molecule has 1 saturated heterocycles. The van der Waals surface area contributed by atoms with Gasteiger partial charge in [0, 0.05) is 25.4 Å². The molecule has 1 fully saturated rings. The van der Waals surface area contributed by atoms with E-state index in [1.165, 1.54) is 0 Å². The fraction of sp³-hybridized carbons (Fsp3) is 0.280. The Morgan fingerprint density at radius 3 is 2.13 bits per heavy atom. The van der Waals surface area contributed by atoms with Crippen LogP contribution >= 0.6 is 0 Å². The van der Waals surface area contributed by atoms with Crippen LogP contribution in [0.2, 0.25) is 0 Å². The third kappa shape index (κ3) is 5.41. The van der Waals surface area contributed by atoms with E-state index in [0.717, 1.165) is 37.4 Å². The summed E-state index contributed by atoms with van der Waals surface area (Å²) in [5.74, 6) is 2.59. The zero-order valence-electron chi connectivity index (χ0n) is 17.9. The molecular formula is C25H27N3O3. The lowest BCUT2D eigenvalue weighted by Gasteiger charge is -2.35. The minimum atomic E-state index is -0.00369. The molecule has 6 nitrogen and oxygen atoms in total. The first-order valence-electron chi connectivity index (χ1n) is 10.5. The van der Waals surface area contributed by atoms with Gasteiger partial charge >= 0.3 is 0 Å². The molecule has 0 atom stereocenters. The Bertz CT molecular complexity index is 983. The lowest BCUT2D eigenvalue weighted by molar-refractivity contribution is 0.0659. The number of likely N-dealkylation sites (tertiary alicyclic amines) is 1. The van der Waals surface area contributed by atoms with Crippen LogP contribution in [0.5, 0.6) is 23.1 Å². The van der Waals surface area contributed by atoms with Crippen LogP contribution in [0, 0.1) is 0 Å². The molecule has 4 rings (SSSR count). The molecule has 0 radical (unpaired) electrons. The normalized spacial score (nSPS) is 14.8. The van der Waals surface area contributed by atoms with Gasteiger partial charge in [0.2, 0.25) is 5.88 Å². The van der Waals surface area contributed by atoms with Crippen molar-refractivity contribution in [2.75, 3.05) is 27.2 Å². The molecule has 3 aromatic rings. The molecule has 2 heterocycles. The van der Waals surface area contributed by atoms with E-state index in [2.05, 4.69) is 16.9 Å². The van der Waals surface area contributed by atoms with Gasteiger partial charge in [0.15, 0.2) is 0 Å². The average Bonchev–Trinajstić information content (AvgIpc) is 2.81. The number of para-hydroxylation sites is 1. The highest BCUT2D eigenvalue weighted by atomic mass is 16.5. The molecule has 6 heteroatoms. The van der Waals surface area contributed by atoms with Crippen LogP contribution < -0.4 is 9.47 Å². The number of carbonyl (C=O) groups is 1. The lowest BCUT2D eigenvalue weighted by atomic mass is 10.0. The van der Waals surface area contributed by atoms with Gasteiger partial charge in [-0.2, -0.15) is 0 Å². The number of aromatic nitrogens is 1. The first kappa shape index (κ1) is 20.9. The minimum absolute atomic E-state index is 0.00369. The molecule has 31 heavy (non-hydrogen) atoms. The molecule has 1 aliphatic heterocycles. The molecule has 1 amide bonds. The number of rotatable bonds is 6. The number of nitrogens with zero attached hydrogens (tertiary/aromatic N) is 3. The van der Waals surface area contributed by atoms with Crippen molar-refractivity contribution in [3.63, 3.8) is 0 Å². The van der Waals surface area contributed by atoms with E-state index >= 15 is 0 Å². The Balaban J connectivity index is 1.34. The van der Waals surface area contributed by atoms with Gasteiger partial charge in [0.25, 0.3) is 5.91 Å². The largest absolute Gasteiger partial charge is 0.457 e. The lowest BCUT2D eigenvalue weighted by Crippen LogP contribution is -2.44. The molecule has 0 spiro atoms. The van der Waals surface area contributed by atoms with Gasteiger partial charge < -0.3 is 19.3 Å². The van der Waals surface area contributed by atoms with Crippen LogP contribution in [0.4, 0.5) is 0 Å². The maximum absolute atomic E-state index is 12.8. The Morgan fingerprint density at radius 2 is 1.52 bits per heavy atom. The number of benzene rings is 2. The molecule has 0 unspecified atom stereocenters. The molecule has 0 aliphatic carbocycles. The van der Waals surface area contributed by atoms with Gasteiger partial charge in [-0.05, 0) is 75.4 Å². The summed E-state index contributed by atoms with van der Waals surface area (Å²) in [6.45, 7) is 2.03. The van der Waals surface area contributed by atoms with Crippen molar-refractivity contribution in [1.82, 2.24) is 14.8 Å². The Kier molecular flexibility index (Phi) is 6.48. The molecule has 160 valence electrons. The third-order valence-electron chi connectivity index (χ3n) is 5.56. The highest BCUT2D eigenvalue weighted by molar-refractivity contribution is 5.94. The second kappa shape index (κ2) is 9.62. The van der Waals surface area contributed by atoms with Gasteiger partial charge in [-0.25, -0.2) is 4.98 Å². The fourth-order valence-corrected chi connectivity index (χ4v) is 3.64. The van der Waals surface area contributed by atoms with Gasteiger partial charge in [-0.15, -0.1) is 0 Å². The van der Waals surface area contributed by atoms with Gasteiger partial charge in [0.1, 0.15) is 17.2 Å². The van der Waals surface area contributed by atoms with Gasteiger partial charge in [-0.3, -0.25) is 4.79 Å². The fourth-order valence-electron chi connectivity index (χ4n) is 3.64. The second-order valence-corrected chi connectivity index (χ2v) is 7.82. The Hall–Kier alpha value is -3.38. The second-order valence-electron chi connectivity index (χ2n) is 7.82. The van der Waals surface area contributed by atoms with Crippen LogP contribution in [0.15, 0.2) is 72.9 Å². The first-order valence-corrected chi connectivity index (χ1v) is 10.5. The topological polar surface area (TPSA) is 54.9 Å². The quantitative estimate of drug-likeness (QED) is 0.575. The van der Waals surface area contributed by atoms with E-state index < -0.39 is 0 Å². The molecular weight excluding hydrogens is 390 g/mol. The molecule has 2 aromatic carbocycles. The van der Waals surface area contributed by atoms with Crippen molar-refractivity contribution in [2.45, 2.75) is 18.9 Å². The van der Waals surface area contributed by atoms with E-state index in [1.807, 2.05) is 66.5 Å². The predicted octanol–water partition coefficient (Wildman–Crippen LogP) is 4.83. The van der Waals surface area contributed by atoms with E-state index in [-0.39, 0.29) is 11.9 Å². The Morgan fingerprint density at radius 1 is 0.903 bits per heavy atom. The monoisotopic (exact) mass is 417 g/mol. The summed E-state index contributed by atoms with van der Waals surface area (Å²) >= 11 is 0. The van der Waals surface area contributed by atoms with Gasteiger partial charge in [0.05, 0.1) is 5.56 Å². The number of hydrogen-bond acceptors (Lipinski definition) is 5. The van der Waals surface area contributed by atoms with Crippen molar-refractivity contribution >= 4 is 5.91 Å². The maximum Gasteiger partial charge on any atom is 0.255 e. The third-order valence-corrected chi connectivity index (χ3v) is 5.56. The summed E-state index contributed by atoms with van der Waals surface area (Å²) in [5, 5.41) is 0. The molecule has 1 aromatic heterocycles. The number of hydrogen-bond donors (Lipinski definition) is 0. The summed E-state index contributed by atoms with van der Waals surface area (Å²) in [6.07, 6.45) is 3.57. The van der Waals surface area contributed by atoms with E-state index in [0.29, 0.717) is 17.2 Å². The molecule has 1 aliphatic rings. The highest BCUT2D eigenvalue weighted by Gasteiger charge is 2.24. The van der Waals surface area contributed by atoms with E-state index in [1.54, 1.807) is 18.3 Å². The van der Waals surface area contributed by atoms with E-state index in [9.17, 15) is 4.79 Å². The van der Waals surface area contributed by atoms with Crippen LogP contribution in [0.3, 0.4) is 0 Å². The van der Waals surface area contributed by atoms with E-state index in [4.69, 9.17) is 9.47 Å². The summed E-state index contributed by atoms with van der Waals surface area (Å²) in [7, 11) is 3.99.